The minimum atomic E-state index is -0.411. The van der Waals surface area contributed by atoms with Crippen LogP contribution in [-0.2, 0) is 17.7 Å². The van der Waals surface area contributed by atoms with Crippen molar-refractivity contribution in [3.05, 3.63) is 11.9 Å². The summed E-state index contributed by atoms with van der Waals surface area (Å²) in [7, 11) is 0. The van der Waals surface area contributed by atoms with E-state index >= 15 is 0 Å². The average molecular weight is 249 g/mol. The Morgan fingerprint density at radius 1 is 1.50 bits per heavy atom. The predicted octanol–water partition coefficient (Wildman–Crippen LogP) is 2.20. The van der Waals surface area contributed by atoms with Crippen molar-refractivity contribution in [3.8, 4) is 0 Å². The summed E-state index contributed by atoms with van der Waals surface area (Å²) < 4.78 is 7.37. The first-order valence-corrected chi connectivity index (χ1v) is 6.51. The van der Waals surface area contributed by atoms with Crippen LogP contribution in [0.15, 0.2) is 6.20 Å². The Balaban J connectivity index is 1.94. The molecule has 0 spiro atoms. The number of carbonyl (C=O) groups is 1. The fraction of sp³-hybridized carbons (Fsp3) is 0.692. The molecule has 2 aliphatic rings. The number of nitrogens with zero attached hydrogens (tertiary/aromatic N) is 3. The number of amides is 1. The Kier molecular flexibility index (Phi) is 2.40. The number of rotatable bonds is 1. The molecule has 1 unspecified atom stereocenters. The maximum Gasteiger partial charge on any atom is 0.415 e. The number of cyclic esters (lactones) is 1. The van der Waals surface area contributed by atoms with Gasteiger partial charge in [-0.15, -0.1) is 0 Å². The maximum absolute atomic E-state index is 11.9. The summed E-state index contributed by atoms with van der Waals surface area (Å²) in [5, 5.41) is 4.39. The van der Waals surface area contributed by atoms with Crippen LogP contribution in [0.3, 0.4) is 0 Å². The normalized spacial score (nSPS) is 26.1. The van der Waals surface area contributed by atoms with E-state index in [-0.39, 0.29) is 6.09 Å². The first-order chi connectivity index (χ1) is 8.46. The molecule has 1 fully saturated rings. The van der Waals surface area contributed by atoms with Crippen molar-refractivity contribution in [2.45, 2.75) is 45.8 Å². The first-order valence-electron chi connectivity index (χ1n) is 6.51. The Labute approximate surface area is 107 Å². The maximum atomic E-state index is 11.9. The predicted molar refractivity (Wildman–Crippen MR) is 67.6 cm³/mol. The van der Waals surface area contributed by atoms with E-state index in [1.807, 2.05) is 18.5 Å². The minimum absolute atomic E-state index is 0.256. The molecule has 1 saturated heterocycles. The molecule has 3 rings (SSSR count). The highest BCUT2D eigenvalue weighted by molar-refractivity contribution is 5.90. The third-order valence-corrected chi connectivity index (χ3v) is 3.72. The first kappa shape index (κ1) is 11.6. The monoisotopic (exact) mass is 249 g/mol. The molecule has 0 aliphatic carbocycles. The molecule has 3 heterocycles. The van der Waals surface area contributed by atoms with Gasteiger partial charge in [-0.3, -0.25) is 9.58 Å². The van der Waals surface area contributed by atoms with E-state index in [0.29, 0.717) is 12.5 Å². The van der Waals surface area contributed by atoms with Crippen LogP contribution in [0.5, 0.6) is 0 Å². The Morgan fingerprint density at radius 3 is 2.94 bits per heavy atom. The molecule has 0 aromatic carbocycles. The van der Waals surface area contributed by atoms with Crippen LogP contribution < -0.4 is 4.90 Å². The van der Waals surface area contributed by atoms with Crippen molar-refractivity contribution in [1.29, 1.82) is 0 Å². The van der Waals surface area contributed by atoms with Crippen molar-refractivity contribution >= 4 is 11.8 Å². The molecule has 5 nitrogen and oxygen atoms in total. The summed E-state index contributed by atoms with van der Waals surface area (Å²) in [5.74, 6) is 0.652. The van der Waals surface area contributed by atoms with Gasteiger partial charge in [-0.25, -0.2) is 4.79 Å². The van der Waals surface area contributed by atoms with Gasteiger partial charge in [-0.2, -0.15) is 5.10 Å². The number of anilines is 1. The van der Waals surface area contributed by atoms with Crippen molar-refractivity contribution in [2.75, 3.05) is 11.4 Å². The summed E-state index contributed by atoms with van der Waals surface area (Å²) in [6, 6.07) is 0. The van der Waals surface area contributed by atoms with Gasteiger partial charge in [0.15, 0.2) is 0 Å². The quantitative estimate of drug-likeness (QED) is 0.766. The van der Waals surface area contributed by atoms with E-state index < -0.39 is 5.60 Å². The minimum Gasteiger partial charge on any atom is -0.441 e. The zero-order valence-corrected chi connectivity index (χ0v) is 11.1. The Hall–Kier alpha value is -1.52. The standard InChI is InChI=1S/C13H19N3O2/c1-9-4-5-16-10(6-9)11(7-14-16)15-8-13(2,3)18-12(15)17/h7,9H,4-6,8H2,1-3H3. The lowest BCUT2D eigenvalue weighted by molar-refractivity contribution is 0.0871. The van der Waals surface area contributed by atoms with Gasteiger partial charge in [0.05, 0.1) is 24.1 Å². The molecule has 18 heavy (non-hydrogen) atoms. The lowest BCUT2D eigenvalue weighted by atomic mass is 9.97. The van der Waals surface area contributed by atoms with Gasteiger partial charge < -0.3 is 4.74 Å². The van der Waals surface area contributed by atoms with Gasteiger partial charge in [0.1, 0.15) is 5.60 Å². The second kappa shape index (κ2) is 3.73. The summed E-state index contributed by atoms with van der Waals surface area (Å²) in [5.41, 5.74) is 1.69. The number of carbonyl (C=O) groups excluding carboxylic acids is 1. The number of aromatic nitrogens is 2. The topological polar surface area (TPSA) is 47.4 Å². The third-order valence-electron chi connectivity index (χ3n) is 3.72. The van der Waals surface area contributed by atoms with Crippen LogP contribution in [0.1, 0.15) is 32.9 Å². The molecule has 0 radical (unpaired) electrons. The number of hydrogen-bond acceptors (Lipinski definition) is 3. The smallest absolute Gasteiger partial charge is 0.415 e. The molecular formula is C13H19N3O2. The average Bonchev–Trinajstić information content (AvgIpc) is 2.78. The summed E-state index contributed by atoms with van der Waals surface area (Å²) in [6.07, 6.45) is 3.69. The second-order valence-corrected chi connectivity index (χ2v) is 6.01. The number of ether oxygens (including phenoxy) is 1. The zero-order chi connectivity index (χ0) is 12.9. The Bertz CT molecular complexity index is 492. The number of hydrogen-bond donors (Lipinski definition) is 0. The highest BCUT2D eigenvalue weighted by Gasteiger charge is 2.40. The summed E-state index contributed by atoms with van der Waals surface area (Å²) in [6.45, 7) is 7.65. The van der Waals surface area contributed by atoms with E-state index in [4.69, 9.17) is 4.74 Å². The Morgan fingerprint density at radius 2 is 2.28 bits per heavy atom. The molecule has 1 amide bonds. The molecular weight excluding hydrogens is 230 g/mol. The number of aryl methyl sites for hydroxylation is 1. The molecule has 2 aliphatic heterocycles. The van der Waals surface area contributed by atoms with Gasteiger partial charge in [-0.05, 0) is 32.6 Å². The van der Waals surface area contributed by atoms with Gasteiger partial charge in [0, 0.05) is 6.54 Å². The SMILES string of the molecule is CC1CCn2ncc(N3CC(C)(C)OC3=O)c2C1. The largest absolute Gasteiger partial charge is 0.441 e. The van der Waals surface area contributed by atoms with Crippen LogP contribution >= 0.6 is 0 Å². The molecule has 1 aromatic heterocycles. The van der Waals surface area contributed by atoms with E-state index in [1.165, 1.54) is 5.69 Å². The zero-order valence-electron chi connectivity index (χ0n) is 11.1. The van der Waals surface area contributed by atoms with E-state index in [9.17, 15) is 4.79 Å². The molecule has 0 N–H and O–H groups in total. The highest BCUT2D eigenvalue weighted by atomic mass is 16.6. The summed E-state index contributed by atoms with van der Waals surface area (Å²) in [4.78, 5) is 13.6. The van der Waals surface area contributed by atoms with Crippen LogP contribution in [0, 0.1) is 5.92 Å². The van der Waals surface area contributed by atoms with Gasteiger partial charge in [-0.1, -0.05) is 6.92 Å². The molecule has 0 saturated carbocycles. The van der Waals surface area contributed by atoms with E-state index in [0.717, 1.165) is 25.1 Å². The highest BCUT2D eigenvalue weighted by Crippen LogP contribution is 2.33. The van der Waals surface area contributed by atoms with Gasteiger partial charge in [0.25, 0.3) is 0 Å². The summed E-state index contributed by atoms with van der Waals surface area (Å²) >= 11 is 0. The molecule has 1 aromatic rings. The van der Waals surface area contributed by atoms with Crippen LogP contribution in [0.4, 0.5) is 10.5 Å². The van der Waals surface area contributed by atoms with E-state index in [1.54, 1.807) is 11.1 Å². The fourth-order valence-electron chi connectivity index (χ4n) is 2.76. The van der Waals surface area contributed by atoms with Crippen LogP contribution in [-0.4, -0.2) is 28.0 Å². The fourth-order valence-corrected chi connectivity index (χ4v) is 2.76. The molecule has 1 atom stereocenters. The second-order valence-electron chi connectivity index (χ2n) is 6.01. The van der Waals surface area contributed by atoms with Crippen molar-refractivity contribution in [2.24, 2.45) is 5.92 Å². The molecule has 0 bridgehead atoms. The van der Waals surface area contributed by atoms with Crippen molar-refractivity contribution < 1.29 is 9.53 Å². The lowest BCUT2D eigenvalue weighted by Gasteiger charge is -2.22. The lowest BCUT2D eigenvalue weighted by Crippen LogP contribution is -2.29. The third kappa shape index (κ3) is 1.78. The van der Waals surface area contributed by atoms with Gasteiger partial charge >= 0.3 is 6.09 Å². The molecule has 5 heteroatoms. The molecule has 98 valence electrons. The van der Waals surface area contributed by atoms with Crippen molar-refractivity contribution in [3.63, 3.8) is 0 Å². The van der Waals surface area contributed by atoms with Crippen molar-refractivity contribution in [1.82, 2.24) is 9.78 Å². The van der Waals surface area contributed by atoms with Gasteiger partial charge in [0.2, 0.25) is 0 Å². The van der Waals surface area contributed by atoms with Crippen LogP contribution in [0.25, 0.3) is 0 Å². The van der Waals surface area contributed by atoms with Crippen LogP contribution in [0.2, 0.25) is 0 Å². The number of fused-ring (bicyclic) bond motifs is 1. The van der Waals surface area contributed by atoms with E-state index in [2.05, 4.69) is 12.0 Å².